The zero-order chi connectivity index (χ0) is 14.2. The van der Waals surface area contributed by atoms with Gasteiger partial charge in [0.25, 0.3) is 5.91 Å². The summed E-state index contributed by atoms with van der Waals surface area (Å²) in [5.74, 6) is 0.409. The Kier molecular flexibility index (Phi) is 3.59. The summed E-state index contributed by atoms with van der Waals surface area (Å²) in [7, 11) is 1.79. The number of anilines is 1. The minimum atomic E-state index is -0.475. The van der Waals surface area contributed by atoms with Crippen LogP contribution in [0.15, 0.2) is 12.3 Å². The van der Waals surface area contributed by atoms with E-state index in [9.17, 15) is 9.59 Å². The molecule has 1 aliphatic rings. The van der Waals surface area contributed by atoms with Crippen molar-refractivity contribution in [3.8, 4) is 0 Å². The fourth-order valence-electron chi connectivity index (χ4n) is 2.36. The van der Waals surface area contributed by atoms with E-state index in [2.05, 4.69) is 10.4 Å². The first-order valence-corrected chi connectivity index (χ1v) is 6.58. The molecule has 2 atom stereocenters. The largest absolute Gasteiger partial charge is 0.342 e. The third-order valence-corrected chi connectivity index (χ3v) is 3.42. The monoisotopic (exact) mass is 264 g/mol. The highest BCUT2D eigenvalue weighted by atomic mass is 16.2. The summed E-state index contributed by atoms with van der Waals surface area (Å²) in [6.45, 7) is 5.74. The highest BCUT2D eigenvalue weighted by Gasteiger charge is 2.42. The lowest BCUT2D eigenvalue weighted by Crippen LogP contribution is -2.65. The maximum atomic E-state index is 12.6. The first kappa shape index (κ1) is 13.6. The number of carbonyl (C=O) groups is 2. The number of rotatable bonds is 3. The number of nitrogens with zero attached hydrogens (tertiary/aromatic N) is 3. The quantitative estimate of drug-likeness (QED) is 0.873. The molecule has 0 spiro atoms. The van der Waals surface area contributed by atoms with Crippen molar-refractivity contribution in [2.75, 3.05) is 4.90 Å². The Hall–Kier alpha value is -1.85. The molecule has 1 saturated heterocycles. The normalized spacial score (nSPS) is 23.9. The minimum absolute atomic E-state index is 0.0560. The van der Waals surface area contributed by atoms with E-state index in [0.717, 1.165) is 0 Å². The van der Waals surface area contributed by atoms with E-state index in [1.165, 1.54) is 4.90 Å². The second kappa shape index (κ2) is 5.03. The van der Waals surface area contributed by atoms with Gasteiger partial charge in [-0.3, -0.25) is 19.2 Å². The molecule has 19 heavy (non-hydrogen) atoms. The van der Waals surface area contributed by atoms with Crippen LogP contribution in [0.3, 0.4) is 0 Å². The Bertz CT molecular complexity index is 495. The second-order valence-corrected chi connectivity index (χ2v) is 5.21. The van der Waals surface area contributed by atoms with Gasteiger partial charge in [-0.15, -0.1) is 0 Å². The van der Waals surface area contributed by atoms with Crippen LogP contribution in [0.1, 0.15) is 27.2 Å². The van der Waals surface area contributed by atoms with Crippen LogP contribution in [0.2, 0.25) is 0 Å². The first-order valence-electron chi connectivity index (χ1n) is 6.58. The summed E-state index contributed by atoms with van der Waals surface area (Å²) in [6, 6.07) is 0.811. The molecule has 0 bridgehead atoms. The number of hydrogen-bond donors (Lipinski definition) is 1. The van der Waals surface area contributed by atoms with Gasteiger partial charge in [0.05, 0.1) is 0 Å². The van der Waals surface area contributed by atoms with Crippen molar-refractivity contribution in [3.05, 3.63) is 12.3 Å². The molecule has 0 radical (unpaired) electrons. The summed E-state index contributed by atoms with van der Waals surface area (Å²) in [6.07, 6.45) is 2.34. The Morgan fingerprint density at radius 3 is 2.58 bits per heavy atom. The van der Waals surface area contributed by atoms with E-state index >= 15 is 0 Å². The number of amides is 2. The van der Waals surface area contributed by atoms with Gasteiger partial charge < -0.3 is 5.32 Å². The fourth-order valence-corrected chi connectivity index (χ4v) is 2.36. The molecule has 0 saturated carbocycles. The summed E-state index contributed by atoms with van der Waals surface area (Å²) in [5, 5.41) is 7.06. The highest BCUT2D eigenvalue weighted by Crippen LogP contribution is 2.23. The lowest BCUT2D eigenvalue weighted by Gasteiger charge is -2.38. The van der Waals surface area contributed by atoms with Crippen LogP contribution >= 0.6 is 0 Å². The van der Waals surface area contributed by atoms with Gasteiger partial charge in [0.2, 0.25) is 5.91 Å². The van der Waals surface area contributed by atoms with Crippen molar-refractivity contribution in [1.82, 2.24) is 15.1 Å². The average Bonchev–Trinajstić information content (AvgIpc) is 2.77. The van der Waals surface area contributed by atoms with E-state index < -0.39 is 12.1 Å². The van der Waals surface area contributed by atoms with Crippen LogP contribution in [-0.4, -0.2) is 33.7 Å². The van der Waals surface area contributed by atoms with Crippen molar-refractivity contribution in [2.45, 2.75) is 39.3 Å². The van der Waals surface area contributed by atoms with Crippen LogP contribution < -0.4 is 10.2 Å². The van der Waals surface area contributed by atoms with Crippen molar-refractivity contribution in [1.29, 1.82) is 0 Å². The van der Waals surface area contributed by atoms with Gasteiger partial charge in [-0.05, 0) is 12.3 Å². The molecule has 2 heterocycles. The van der Waals surface area contributed by atoms with Crippen molar-refractivity contribution in [3.63, 3.8) is 0 Å². The molecule has 1 aliphatic heterocycles. The first-order chi connectivity index (χ1) is 8.95. The van der Waals surface area contributed by atoms with E-state index in [1.54, 1.807) is 24.0 Å². The third-order valence-electron chi connectivity index (χ3n) is 3.42. The fraction of sp³-hybridized carbons (Fsp3) is 0.615. The molecule has 1 aromatic heterocycles. The van der Waals surface area contributed by atoms with E-state index in [1.807, 2.05) is 20.8 Å². The number of aromatic nitrogens is 2. The molecule has 1 aromatic rings. The lowest BCUT2D eigenvalue weighted by atomic mass is 9.97. The Labute approximate surface area is 112 Å². The van der Waals surface area contributed by atoms with Gasteiger partial charge in [0.15, 0.2) is 5.82 Å². The van der Waals surface area contributed by atoms with Crippen molar-refractivity contribution < 1.29 is 9.59 Å². The summed E-state index contributed by atoms with van der Waals surface area (Å²) >= 11 is 0. The zero-order valence-corrected chi connectivity index (χ0v) is 11.8. The zero-order valence-electron chi connectivity index (χ0n) is 11.8. The third kappa shape index (κ3) is 2.34. The standard InChI is InChI=1S/C13H20N4O2/c1-5-9-12(18)14-11(8(2)3)13(19)17(9)10-6-7-16(4)15-10/h6-9,11H,5H2,1-4H3,(H,14,18). The van der Waals surface area contributed by atoms with Crippen LogP contribution in [0.5, 0.6) is 0 Å². The molecule has 2 rings (SSSR count). The average molecular weight is 264 g/mol. The Morgan fingerprint density at radius 1 is 1.42 bits per heavy atom. The number of carbonyl (C=O) groups excluding carboxylic acids is 2. The predicted molar refractivity (Wildman–Crippen MR) is 71.5 cm³/mol. The maximum absolute atomic E-state index is 12.6. The number of nitrogens with one attached hydrogen (secondary N) is 1. The summed E-state index contributed by atoms with van der Waals surface area (Å²) in [5.41, 5.74) is 0. The van der Waals surface area contributed by atoms with E-state index in [0.29, 0.717) is 12.2 Å². The lowest BCUT2D eigenvalue weighted by molar-refractivity contribution is -0.135. The molecule has 0 aromatic carbocycles. The van der Waals surface area contributed by atoms with Crippen LogP contribution in [0.25, 0.3) is 0 Å². The second-order valence-electron chi connectivity index (χ2n) is 5.21. The van der Waals surface area contributed by atoms with Crippen molar-refractivity contribution >= 4 is 17.6 Å². The smallest absolute Gasteiger partial charge is 0.251 e. The van der Waals surface area contributed by atoms with Gasteiger partial charge in [-0.1, -0.05) is 20.8 Å². The molecular weight excluding hydrogens is 244 g/mol. The Morgan fingerprint density at radius 2 is 2.11 bits per heavy atom. The molecule has 6 heteroatoms. The van der Waals surface area contributed by atoms with E-state index in [-0.39, 0.29) is 17.7 Å². The van der Waals surface area contributed by atoms with Crippen LogP contribution in [-0.2, 0) is 16.6 Å². The van der Waals surface area contributed by atoms with Gasteiger partial charge in [-0.25, -0.2) is 0 Å². The maximum Gasteiger partial charge on any atom is 0.251 e. The van der Waals surface area contributed by atoms with Crippen LogP contribution in [0, 0.1) is 5.92 Å². The molecule has 104 valence electrons. The summed E-state index contributed by atoms with van der Waals surface area (Å²) < 4.78 is 1.63. The molecule has 1 N–H and O–H groups in total. The predicted octanol–water partition coefficient (Wildman–Crippen LogP) is 0.686. The SMILES string of the molecule is CCC1C(=O)NC(C(C)C)C(=O)N1c1ccn(C)n1. The topological polar surface area (TPSA) is 67.2 Å². The number of aryl methyl sites for hydroxylation is 1. The summed E-state index contributed by atoms with van der Waals surface area (Å²) in [4.78, 5) is 26.2. The molecule has 1 fully saturated rings. The number of piperazine rings is 1. The molecule has 2 amide bonds. The van der Waals surface area contributed by atoms with Gasteiger partial charge >= 0.3 is 0 Å². The number of hydrogen-bond acceptors (Lipinski definition) is 3. The molecule has 6 nitrogen and oxygen atoms in total. The molecule has 2 unspecified atom stereocenters. The van der Waals surface area contributed by atoms with E-state index in [4.69, 9.17) is 0 Å². The molecular formula is C13H20N4O2. The highest BCUT2D eigenvalue weighted by molar-refractivity contribution is 6.07. The van der Waals surface area contributed by atoms with Crippen molar-refractivity contribution in [2.24, 2.45) is 13.0 Å². The van der Waals surface area contributed by atoms with Gasteiger partial charge in [-0.2, -0.15) is 5.10 Å². The van der Waals surface area contributed by atoms with Gasteiger partial charge in [0, 0.05) is 19.3 Å². The van der Waals surface area contributed by atoms with Crippen LogP contribution in [0.4, 0.5) is 5.82 Å². The molecule has 0 aliphatic carbocycles. The van der Waals surface area contributed by atoms with Gasteiger partial charge in [0.1, 0.15) is 12.1 Å². The minimum Gasteiger partial charge on any atom is -0.342 e. The Balaban J connectivity index is 2.39.